The third kappa shape index (κ3) is 5.58. The molecule has 3 aromatic carbocycles. The van der Waals surface area contributed by atoms with Crippen LogP contribution in [0.5, 0.6) is 5.75 Å². The molecule has 1 aromatic heterocycles. The highest BCUT2D eigenvalue weighted by atomic mass is 19.1. The number of unbranched alkanes of at least 4 members (excludes halogenated alkanes) is 1. The number of halogens is 1. The van der Waals surface area contributed by atoms with Crippen LogP contribution in [0.1, 0.15) is 53.3 Å². The van der Waals surface area contributed by atoms with Gasteiger partial charge in [-0.25, -0.2) is 14.4 Å². The molecule has 1 aliphatic heterocycles. The van der Waals surface area contributed by atoms with Crippen molar-refractivity contribution in [2.24, 2.45) is 0 Å². The van der Waals surface area contributed by atoms with E-state index in [1.165, 1.54) is 12.1 Å². The summed E-state index contributed by atoms with van der Waals surface area (Å²) in [5.41, 5.74) is 4.90. The lowest BCUT2D eigenvalue weighted by molar-refractivity contribution is -0.137. The van der Waals surface area contributed by atoms with Gasteiger partial charge in [0, 0.05) is 35.6 Å². The minimum absolute atomic E-state index is 0.105. The van der Waals surface area contributed by atoms with Gasteiger partial charge in [0.25, 0.3) is 5.91 Å². The molecule has 0 radical (unpaired) electrons. The van der Waals surface area contributed by atoms with E-state index in [-0.39, 0.29) is 24.2 Å². The van der Waals surface area contributed by atoms with Crippen LogP contribution in [0, 0.1) is 5.82 Å². The number of aliphatic carboxylic acids is 1. The second kappa shape index (κ2) is 10.7. The number of rotatable bonds is 8. The molecule has 0 aliphatic carbocycles. The lowest BCUT2D eigenvalue weighted by atomic mass is 10.00. The molecule has 8 heteroatoms. The van der Waals surface area contributed by atoms with Crippen LogP contribution in [0.15, 0.2) is 66.7 Å². The van der Waals surface area contributed by atoms with Crippen molar-refractivity contribution in [2.45, 2.75) is 38.1 Å². The lowest BCUT2D eigenvalue weighted by Crippen LogP contribution is -2.32. The van der Waals surface area contributed by atoms with Gasteiger partial charge in [-0.2, -0.15) is 0 Å². The van der Waals surface area contributed by atoms with E-state index in [1.807, 2.05) is 30.3 Å². The topological polar surface area (TPSA) is 101 Å². The summed E-state index contributed by atoms with van der Waals surface area (Å²) >= 11 is 0. The van der Waals surface area contributed by atoms with Crippen molar-refractivity contribution >= 4 is 22.9 Å². The third-order valence-electron chi connectivity index (χ3n) is 6.42. The summed E-state index contributed by atoms with van der Waals surface area (Å²) in [6, 6.07) is 19.0. The van der Waals surface area contributed by atoms with Gasteiger partial charge in [-0.3, -0.25) is 9.59 Å². The van der Waals surface area contributed by atoms with Crippen molar-refractivity contribution in [3.05, 3.63) is 89.4 Å². The van der Waals surface area contributed by atoms with Crippen LogP contribution in [0.2, 0.25) is 0 Å². The average molecular weight is 500 g/mol. The van der Waals surface area contributed by atoms with Crippen LogP contribution in [-0.2, 0) is 11.2 Å². The Kier molecular flexibility index (Phi) is 7.07. The van der Waals surface area contributed by atoms with Gasteiger partial charge in [0.15, 0.2) is 0 Å². The van der Waals surface area contributed by atoms with Gasteiger partial charge in [-0.05, 0) is 43.5 Å². The highest BCUT2D eigenvalue weighted by Gasteiger charge is 2.24. The van der Waals surface area contributed by atoms with E-state index in [0.717, 1.165) is 22.5 Å². The smallest absolute Gasteiger partial charge is 0.303 e. The number of nitrogens with one attached hydrogen (secondary N) is 1. The number of ether oxygens (including phenoxy) is 1. The molecule has 1 amide bonds. The highest BCUT2D eigenvalue weighted by Crippen LogP contribution is 2.33. The molecule has 0 bridgehead atoms. The maximum absolute atomic E-state index is 13.6. The van der Waals surface area contributed by atoms with Crippen LogP contribution in [-0.4, -0.2) is 33.6 Å². The summed E-state index contributed by atoms with van der Waals surface area (Å²) in [7, 11) is 0. The Balaban J connectivity index is 1.42. The van der Waals surface area contributed by atoms with Crippen molar-refractivity contribution in [2.75, 3.05) is 6.61 Å². The molecule has 188 valence electrons. The van der Waals surface area contributed by atoms with E-state index in [4.69, 9.17) is 19.8 Å². The minimum atomic E-state index is -0.819. The molecular weight excluding hydrogens is 473 g/mol. The fourth-order valence-corrected chi connectivity index (χ4v) is 4.56. The van der Waals surface area contributed by atoms with E-state index in [9.17, 15) is 14.0 Å². The number of hydrogen-bond donors (Lipinski definition) is 2. The van der Waals surface area contributed by atoms with Gasteiger partial charge in [0.1, 0.15) is 11.6 Å². The number of carbonyl (C=O) groups excluding carboxylic acids is 1. The Morgan fingerprint density at radius 2 is 1.84 bits per heavy atom. The molecule has 2 heterocycles. The van der Waals surface area contributed by atoms with Crippen LogP contribution in [0.25, 0.3) is 22.3 Å². The number of aryl methyl sites for hydroxylation is 1. The van der Waals surface area contributed by atoms with Gasteiger partial charge in [0.05, 0.1) is 35.1 Å². The number of carboxylic acids is 1. The van der Waals surface area contributed by atoms with E-state index in [2.05, 4.69) is 5.32 Å². The Hall–Kier alpha value is -4.33. The van der Waals surface area contributed by atoms with Gasteiger partial charge in [-0.15, -0.1) is 0 Å². The molecule has 37 heavy (non-hydrogen) atoms. The summed E-state index contributed by atoms with van der Waals surface area (Å²) in [6.45, 7) is 0.387. The molecule has 5 rings (SSSR count). The Labute approximate surface area is 213 Å². The number of benzene rings is 3. The number of carbonyl (C=O) groups is 2. The normalized spacial score (nSPS) is 14.6. The zero-order valence-electron chi connectivity index (χ0n) is 20.1. The van der Waals surface area contributed by atoms with Gasteiger partial charge < -0.3 is 15.2 Å². The largest absolute Gasteiger partial charge is 0.493 e. The van der Waals surface area contributed by atoms with Gasteiger partial charge >= 0.3 is 5.97 Å². The number of fused-ring (bicyclic) bond motifs is 2. The highest BCUT2D eigenvalue weighted by molar-refractivity contribution is 5.97. The molecule has 0 fully saturated rings. The SMILES string of the molecule is O=C(O)CCCCc1nc2cc(C(=O)N[C@H]3CCOc4cc(F)ccc43)ccc2nc1-c1ccccc1. The maximum atomic E-state index is 13.6. The maximum Gasteiger partial charge on any atom is 0.303 e. The minimum Gasteiger partial charge on any atom is -0.493 e. The monoisotopic (exact) mass is 499 g/mol. The fourth-order valence-electron chi connectivity index (χ4n) is 4.56. The van der Waals surface area contributed by atoms with Gasteiger partial charge in [0.2, 0.25) is 0 Å². The first kappa shape index (κ1) is 24.4. The first-order chi connectivity index (χ1) is 18.0. The average Bonchev–Trinajstić information content (AvgIpc) is 2.90. The predicted octanol–water partition coefficient (Wildman–Crippen LogP) is 5.49. The first-order valence-electron chi connectivity index (χ1n) is 12.3. The summed E-state index contributed by atoms with van der Waals surface area (Å²) in [4.78, 5) is 33.8. The molecular formula is C29H26FN3O4. The second-order valence-corrected chi connectivity index (χ2v) is 9.03. The number of nitrogens with zero attached hydrogens (tertiary/aromatic N) is 2. The quantitative estimate of drug-likeness (QED) is 0.311. The molecule has 4 aromatic rings. The zero-order valence-corrected chi connectivity index (χ0v) is 20.1. The van der Waals surface area contributed by atoms with Crippen molar-refractivity contribution in [1.82, 2.24) is 15.3 Å². The zero-order chi connectivity index (χ0) is 25.8. The van der Waals surface area contributed by atoms with Crippen molar-refractivity contribution in [1.29, 1.82) is 0 Å². The number of hydrogen-bond acceptors (Lipinski definition) is 5. The molecule has 1 aliphatic rings. The molecule has 0 saturated heterocycles. The second-order valence-electron chi connectivity index (χ2n) is 9.03. The predicted molar refractivity (Wildman–Crippen MR) is 137 cm³/mol. The Morgan fingerprint density at radius 3 is 2.65 bits per heavy atom. The van der Waals surface area contributed by atoms with Crippen LogP contribution in [0.4, 0.5) is 4.39 Å². The summed E-state index contributed by atoms with van der Waals surface area (Å²) in [5, 5.41) is 12.0. The van der Waals surface area contributed by atoms with Crippen molar-refractivity contribution in [3.63, 3.8) is 0 Å². The van der Waals surface area contributed by atoms with Crippen LogP contribution >= 0.6 is 0 Å². The number of amides is 1. The Morgan fingerprint density at radius 1 is 1.00 bits per heavy atom. The molecule has 2 N–H and O–H groups in total. The van der Waals surface area contributed by atoms with Crippen molar-refractivity contribution < 1.29 is 23.8 Å². The van der Waals surface area contributed by atoms with Crippen molar-refractivity contribution in [3.8, 4) is 17.0 Å². The van der Waals surface area contributed by atoms with E-state index in [1.54, 1.807) is 24.3 Å². The number of carboxylic acid groups (broad SMARTS) is 1. The molecule has 0 spiro atoms. The van der Waals surface area contributed by atoms with Crippen LogP contribution < -0.4 is 10.1 Å². The lowest BCUT2D eigenvalue weighted by Gasteiger charge is -2.26. The van der Waals surface area contributed by atoms with E-state index < -0.39 is 5.97 Å². The Bertz CT molecular complexity index is 1460. The summed E-state index contributed by atoms with van der Waals surface area (Å²) < 4.78 is 19.1. The standard InChI is InChI=1S/C29H26FN3O4/c30-20-11-12-21-22(14-15-37-26(21)17-20)33-29(36)19-10-13-23-25(16-19)31-24(8-4-5-9-27(34)35)28(32-23)18-6-2-1-3-7-18/h1-3,6-7,10-13,16-17,22H,4-5,8-9,14-15H2,(H,33,36)(H,34,35)/t22-/m0/s1. The summed E-state index contributed by atoms with van der Waals surface area (Å²) in [6.07, 6.45) is 2.47. The van der Waals surface area contributed by atoms with E-state index in [0.29, 0.717) is 54.6 Å². The third-order valence-corrected chi connectivity index (χ3v) is 6.42. The molecule has 1 atom stereocenters. The molecule has 7 nitrogen and oxygen atoms in total. The fraction of sp³-hybridized carbons (Fsp3) is 0.241. The van der Waals surface area contributed by atoms with Gasteiger partial charge in [-0.1, -0.05) is 36.4 Å². The molecule has 0 unspecified atom stereocenters. The summed E-state index contributed by atoms with van der Waals surface area (Å²) in [5.74, 6) is -1.02. The first-order valence-corrected chi connectivity index (χ1v) is 12.3. The van der Waals surface area contributed by atoms with Crippen LogP contribution in [0.3, 0.4) is 0 Å². The molecule has 0 saturated carbocycles. The van der Waals surface area contributed by atoms with E-state index >= 15 is 0 Å². The number of aromatic nitrogens is 2.